The van der Waals surface area contributed by atoms with E-state index in [1.807, 2.05) is 0 Å². The molecule has 2 rings (SSSR count). The fourth-order valence-corrected chi connectivity index (χ4v) is 2.12. The quantitative estimate of drug-likeness (QED) is 0.519. The van der Waals surface area contributed by atoms with Crippen molar-refractivity contribution in [3.05, 3.63) is 0 Å². The fourth-order valence-electron chi connectivity index (χ4n) is 2.12. The van der Waals surface area contributed by atoms with Gasteiger partial charge in [0.25, 0.3) is 0 Å². The molecule has 0 aromatic heterocycles. The molecule has 0 bridgehead atoms. The van der Waals surface area contributed by atoms with Gasteiger partial charge in [-0.2, -0.15) is 0 Å². The van der Waals surface area contributed by atoms with E-state index in [9.17, 15) is 0 Å². The summed E-state index contributed by atoms with van der Waals surface area (Å²) in [6.07, 6.45) is 5.67. The summed E-state index contributed by atoms with van der Waals surface area (Å²) in [7, 11) is 0. The van der Waals surface area contributed by atoms with Crippen molar-refractivity contribution in [1.82, 2.24) is 0 Å². The monoisotopic (exact) mass is 248 g/mol. The number of hydrogen-bond acceptors (Lipinski definition) is 4. The molecule has 0 aromatic rings. The summed E-state index contributed by atoms with van der Waals surface area (Å²) in [5.41, 5.74) is 0. The first kappa shape index (κ1) is 16.8. The first-order valence-electron chi connectivity index (χ1n) is 6.30. The molecule has 0 unspecified atom stereocenters. The molecule has 0 spiro atoms. The lowest BCUT2D eigenvalue weighted by Gasteiger charge is -2.20. The first-order valence-corrected chi connectivity index (χ1v) is 6.30. The second kappa shape index (κ2) is 8.86. The van der Waals surface area contributed by atoms with E-state index < -0.39 is 0 Å². The van der Waals surface area contributed by atoms with Crippen LogP contribution in [0.5, 0.6) is 0 Å². The maximum absolute atomic E-state index is 8.92. The molecule has 104 valence electrons. The second-order valence-corrected chi connectivity index (χ2v) is 4.92. The van der Waals surface area contributed by atoms with Crippen molar-refractivity contribution in [3.63, 3.8) is 0 Å². The van der Waals surface area contributed by atoms with Crippen molar-refractivity contribution in [2.75, 3.05) is 0 Å². The van der Waals surface area contributed by atoms with E-state index in [4.69, 9.17) is 20.4 Å². The van der Waals surface area contributed by atoms with Gasteiger partial charge in [0.15, 0.2) is 0 Å². The molecule has 0 saturated heterocycles. The maximum atomic E-state index is 8.92. The highest BCUT2D eigenvalue weighted by Gasteiger charge is 2.16. The normalized spacial score (nSPS) is 37.4. The van der Waals surface area contributed by atoms with Gasteiger partial charge in [-0.05, 0) is 51.4 Å². The lowest BCUT2D eigenvalue weighted by Crippen LogP contribution is -2.21. The Hall–Kier alpha value is -0.160. The van der Waals surface area contributed by atoms with Crippen LogP contribution in [0.25, 0.3) is 0 Å². The molecule has 0 aromatic carbocycles. The van der Waals surface area contributed by atoms with Crippen LogP contribution in [0, 0.1) is 0 Å². The summed E-state index contributed by atoms with van der Waals surface area (Å²) in [6, 6.07) is 0. The Morgan fingerprint density at radius 1 is 0.412 bits per heavy atom. The van der Waals surface area contributed by atoms with E-state index in [1.54, 1.807) is 0 Å². The molecule has 0 atom stereocenters. The highest BCUT2D eigenvalue weighted by Crippen LogP contribution is 2.18. The van der Waals surface area contributed by atoms with Crippen LogP contribution in [0.15, 0.2) is 0 Å². The topological polar surface area (TPSA) is 80.9 Å². The summed E-state index contributed by atoms with van der Waals surface area (Å²) < 4.78 is 0. The lowest BCUT2D eigenvalue weighted by molar-refractivity contribution is 0.0541. The predicted octanol–water partition coefficient (Wildman–Crippen LogP) is 1.20. The number of aliphatic hydroxyl groups is 4. The van der Waals surface area contributed by atoms with Crippen LogP contribution in [-0.4, -0.2) is 44.8 Å². The molecule has 0 heterocycles. The molecule has 0 radical (unpaired) electrons. The first-order chi connectivity index (χ1) is 7.58. The molecule has 4 N–H and O–H groups in total. The molecule has 2 aliphatic carbocycles. The van der Waals surface area contributed by atoms with Crippen molar-refractivity contribution < 1.29 is 20.4 Å². The Morgan fingerprint density at radius 2 is 0.529 bits per heavy atom. The van der Waals surface area contributed by atoms with Gasteiger partial charge in [-0.15, -0.1) is 0 Å². The van der Waals surface area contributed by atoms with Crippen LogP contribution in [-0.2, 0) is 0 Å². The van der Waals surface area contributed by atoms with Gasteiger partial charge >= 0.3 is 0 Å². The zero-order valence-corrected chi connectivity index (χ0v) is 9.76. The average Bonchev–Trinajstić information content (AvgIpc) is 2.28. The zero-order valence-electron chi connectivity index (χ0n) is 9.76. The number of hydrogen-bond donors (Lipinski definition) is 4. The van der Waals surface area contributed by atoms with Crippen LogP contribution in [0.4, 0.5) is 0 Å². The molecule has 2 fully saturated rings. The van der Waals surface area contributed by atoms with Crippen LogP contribution in [0.3, 0.4) is 0 Å². The van der Waals surface area contributed by atoms with Gasteiger partial charge < -0.3 is 20.4 Å². The summed E-state index contributed by atoms with van der Waals surface area (Å²) in [4.78, 5) is 0. The van der Waals surface area contributed by atoms with E-state index in [0.717, 1.165) is 51.4 Å². The molecule has 0 amide bonds. The van der Waals surface area contributed by atoms with E-state index in [0.29, 0.717) is 0 Å². The lowest BCUT2D eigenvalue weighted by atomic mass is 9.95. The fraction of sp³-hybridized carbons (Fsp3) is 1.00. The maximum Gasteiger partial charge on any atom is 0.0542 e. The van der Waals surface area contributed by atoms with Crippen molar-refractivity contribution >= 4 is 0 Å². The summed E-state index contributed by atoms with van der Waals surface area (Å²) in [5.74, 6) is 0. The molecular weight excluding hydrogens is 220 g/mol. The Kier molecular flexibility index (Phi) is 8.78. The van der Waals surface area contributed by atoms with E-state index in [-0.39, 0.29) is 31.8 Å². The van der Waals surface area contributed by atoms with Crippen molar-refractivity contribution in [2.24, 2.45) is 0 Å². The molecule has 2 saturated carbocycles. The van der Waals surface area contributed by atoms with Gasteiger partial charge in [0.05, 0.1) is 24.4 Å². The molecule has 0 aliphatic heterocycles. The van der Waals surface area contributed by atoms with Gasteiger partial charge in [-0.25, -0.2) is 0 Å². The van der Waals surface area contributed by atoms with Gasteiger partial charge in [-0.3, -0.25) is 0 Å². The van der Waals surface area contributed by atoms with Gasteiger partial charge in [0.2, 0.25) is 0 Å². The van der Waals surface area contributed by atoms with Gasteiger partial charge in [0.1, 0.15) is 0 Å². The summed E-state index contributed by atoms with van der Waals surface area (Å²) in [5, 5.41) is 35.7. The van der Waals surface area contributed by atoms with Crippen molar-refractivity contribution in [3.8, 4) is 0 Å². The minimum absolute atomic E-state index is 0. The highest BCUT2D eigenvalue weighted by molar-refractivity contribution is 4.69. The summed E-state index contributed by atoms with van der Waals surface area (Å²) in [6.45, 7) is 0. The van der Waals surface area contributed by atoms with Crippen LogP contribution >= 0.6 is 0 Å². The van der Waals surface area contributed by atoms with Crippen LogP contribution in [0.1, 0.15) is 58.8 Å². The smallest absolute Gasteiger partial charge is 0.0542 e. The Balaban J connectivity index is 0.000000284. The SMILES string of the molecule is C.OC1CCC(O)CC1.OC1CCC(O)CC1. The number of aliphatic hydroxyl groups excluding tert-OH is 4. The van der Waals surface area contributed by atoms with Gasteiger partial charge in [0, 0.05) is 0 Å². The second-order valence-electron chi connectivity index (χ2n) is 4.92. The Morgan fingerprint density at radius 3 is 0.647 bits per heavy atom. The third-order valence-corrected chi connectivity index (χ3v) is 3.33. The molecular formula is C13H28O4. The molecule has 2 aliphatic rings. The molecule has 4 nitrogen and oxygen atoms in total. The Labute approximate surface area is 104 Å². The van der Waals surface area contributed by atoms with E-state index >= 15 is 0 Å². The van der Waals surface area contributed by atoms with Crippen LogP contribution in [0.2, 0.25) is 0 Å². The van der Waals surface area contributed by atoms with E-state index in [2.05, 4.69) is 0 Å². The van der Waals surface area contributed by atoms with Crippen LogP contribution < -0.4 is 0 Å². The third kappa shape index (κ3) is 7.71. The largest absolute Gasteiger partial charge is 0.393 e. The number of rotatable bonds is 0. The van der Waals surface area contributed by atoms with E-state index in [1.165, 1.54) is 0 Å². The van der Waals surface area contributed by atoms with Gasteiger partial charge in [-0.1, -0.05) is 7.43 Å². The predicted molar refractivity (Wildman–Crippen MR) is 67.7 cm³/mol. The standard InChI is InChI=1S/2C6H12O2.CH4/c2*7-5-1-2-6(8)4-3-5;/h2*5-8H,1-4H2;1H4. The third-order valence-electron chi connectivity index (χ3n) is 3.33. The minimum Gasteiger partial charge on any atom is -0.393 e. The zero-order chi connectivity index (χ0) is 12.0. The molecule has 4 heteroatoms. The molecule has 17 heavy (non-hydrogen) atoms. The summed E-state index contributed by atoms with van der Waals surface area (Å²) >= 11 is 0. The minimum atomic E-state index is -0.140. The highest BCUT2D eigenvalue weighted by atomic mass is 16.3. The van der Waals surface area contributed by atoms with Crippen molar-refractivity contribution in [2.45, 2.75) is 83.2 Å². The van der Waals surface area contributed by atoms with Crippen molar-refractivity contribution in [1.29, 1.82) is 0 Å². The Bertz CT molecular complexity index is 130. The average molecular weight is 248 g/mol.